The van der Waals surface area contributed by atoms with Gasteiger partial charge in [-0.05, 0) is 37.8 Å². The lowest BCUT2D eigenvalue weighted by Gasteiger charge is -2.56. The van der Waals surface area contributed by atoms with Crippen LogP contribution in [-0.2, 0) is 0 Å². The average molecular weight is 438 g/mol. The zero-order valence-corrected chi connectivity index (χ0v) is 18.9. The summed E-state index contributed by atoms with van der Waals surface area (Å²) in [6.07, 6.45) is 11.7. The molecule has 7 rings (SSSR count). The van der Waals surface area contributed by atoms with Gasteiger partial charge in [0, 0.05) is 71.3 Å². The van der Waals surface area contributed by atoms with E-state index in [0.29, 0.717) is 0 Å². The van der Waals surface area contributed by atoms with Gasteiger partial charge in [0.2, 0.25) is 0 Å². The Bertz CT molecular complexity index is 891. The summed E-state index contributed by atoms with van der Waals surface area (Å²) in [4.78, 5) is 16.8. The van der Waals surface area contributed by atoms with Crippen LogP contribution in [0.1, 0.15) is 25.7 Å². The summed E-state index contributed by atoms with van der Waals surface area (Å²) >= 11 is 0. The van der Waals surface area contributed by atoms with Gasteiger partial charge in [0.15, 0.2) is 11.6 Å². The quantitative estimate of drug-likeness (QED) is 0.639. The molecule has 9 nitrogen and oxygen atoms in total. The zero-order valence-electron chi connectivity index (χ0n) is 18.9. The molecule has 1 unspecified atom stereocenters. The number of hydrogen-bond donors (Lipinski definition) is 2. The fourth-order valence-electron chi connectivity index (χ4n) is 6.12. The van der Waals surface area contributed by atoms with Crippen molar-refractivity contribution in [3.8, 4) is 0 Å². The molecule has 9 heteroatoms. The second kappa shape index (κ2) is 7.41. The highest BCUT2D eigenvalue weighted by Gasteiger charge is 2.66. The number of hydrazine groups is 1. The fourth-order valence-corrected chi connectivity index (χ4v) is 6.12. The smallest absolute Gasteiger partial charge is 0.257 e. The molecule has 172 valence electrons. The molecular weight excluding hydrogens is 402 g/mol. The molecule has 4 fully saturated rings. The van der Waals surface area contributed by atoms with Crippen molar-refractivity contribution in [2.45, 2.75) is 31.6 Å². The van der Waals surface area contributed by atoms with Crippen LogP contribution in [-0.4, -0.2) is 106 Å². The van der Waals surface area contributed by atoms with Gasteiger partial charge >= 0.3 is 0 Å². The lowest BCUT2D eigenvalue weighted by molar-refractivity contribution is -0.213. The van der Waals surface area contributed by atoms with Crippen LogP contribution in [0.3, 0.4) is 0 Å². The second-order valence-electron chi connectivity index (χ2n) is 9.73. The van der Waals surface area contributed by atoms with Gasteiger partial charge in [0.1, 0.15) is 5.82 Å². The molecule has 0 bridgehead atoms. The molecule has 32 heavy (non-hydrogen) atoms. The monoisotopic (exact) mass is 437 g/mol. The standard InChI is InChI=1S/C23H35N9/c1-2-11-26(10-1)21-22(27-12-3-4-13-27)32(30-14-6-15-30)23(28-17-18-28,29-16-9-24-19-29)31(21)20-7-5-8-25-20/h1,5,7-8,10,24-25H,2-4,6,9,11-19H2. The number of aromatic nitrogens is 1. The van der Waals surface area contributed by atoms with Gasteiger partial charge < -0.3 is 20.1 Å². The number of aromatic amines is 1. The van der Waals surface area contributed by atoms with Gasteiger partial charge in [-0.15, -0.1) is 0 Å². The minimum absolute atomic E-state index is 0.349. The molecule has 4 saturated heterocycles. The maximum absolute atomic E-state index is 3.64. The minimum atomic E-state index is -0.349. The van der Waals surface area contributed by atoms with E-state index in [4.69, 9.17) is 0 Å². The Balaban J connectivity index is 1.48. The summed E-state index contributed by atoms with van der Waals surface area (Å²) in [6.45, 7) is 10.9. The van der Waals surface area contributed by atoms with Crippen molar-refractivity contribution in [1.82, 2.24) is 39.9 Å². The van der Waals surface area contributed by atoms with E-state index in [0.717, 1.165) is 72.0 Å². The van der Waals surface area contributed by atoms with E-state index in [1.54, 1.807) is 0 Å². The van der Waals surface area contributed by atoms with Gasteiger partial charge in [0.05, 0.1) is 6.67 Å². The molecule has 2 N–H and O–H groups in total. The van der Waals surface area contributed by atoms with E-state index in [9.17, 15) is 0 Å². The molecule has 1 aromatic rings. The SMILES string of the molecule is C1=CN(C2=C(N3CCCC3)N(N3CCC3)C(N3CC3)(N3CCNC3)N2c2ccc[nH]2)CC1. The molecule has 0 radical (unpaired) electrons. The van der Waals surface area contributed by atoms with E-state index in [1.807, 2.05) is 0 Å². The number of hydrogen-bond acceptors (Lipinski definition) is 8. The third-order valence-electron chi connectivity index (χ3n) is 7.79. The number of H-pyrrole nitrogens is 1. The Hall–Kier alpha value is -2.20. The van der Waals surface area contributed by atoms with Crippen LogP contribution in [0.4, 0.5) is 5.82 Å². The van der Waals surface area contributed by atoms with Crippen molar-refractivity contribution >= 4 is 5.82 Å². The summed E-state index contributed by atoms with van der Waals surface area (Å²) in [5.74, 6) is 3.58. The first-order chi connectivity index (χ1) is 15.9. The zero-order chi connectivity index (χ0) is 21.1. The second-order valence-corrected chi connectivity index (χ2v) is 9.73. The topological polar surface area (TPSA) is 50.3 Å². The average Bonchev–Trinajstić information content (AvgIpc) is 3.38. The van der Waals surface area contributed by atoms with E-state index in [-0.39, 0.29) is 5.91 Å². The van der Waals surface area contributed by atoms with Gasteiger partial charge in [-0.25, -0.2) is 19.8 Å². The van der Waals surface area contributed by atoms with Gasteiger partial charge in [-0.2, -0.15) is 0 Å². The maximum atomic E-state index is 3.64. The maximum Gasteiger partial charge on any atom is 0.257 e. The van der Waals surface area contributed by atoms with Crippen LogP contribution in [0.2, 0.25) is 0 Å². The van der Waals surface area contributed by atoms with Crippen molar-refractivity contribution in [2.75, 3.05) is 70.5 Å². The summed E-state index contributed by atoms with van der Waals surface area (Å²) in [7, 11) is 0. The first-order valence-corrected chi connectivity index (χ1v) is 12.5. The van der Waals surface area contributed by atoms with Crippen molar-refractivity contribution in [3.63, 3.8) is 0 Å². The van der Waals surface area contributed by atoms with Crippen LogP contribution < -0.4 is 10.2 Å². The Morgan fingerprint density at radius 1 is 0.844 bits per heavy atom. The van der Waals surface area contributed by atoms with Gasteiger partial charge in [-0.1, -0.05) is 6.08 Å². The van der Waals surface area contributed by atoms with Crippen molar-refractivity contribution < 1.29 is 0 Å². The molecule has 0 saturated carbocycles. The van der Waals surface area contributed by atoms with Crippen molar-refractivity contribution in [3.05, 3.63) is 42.2 Å². The Morgan fingerprint density at radius 3 is 2.31 bits per heavy atom. The molecule has 7 heterocycles. The minimum Gasteiger partial charge on any atom is -0.354 e. The lowest BCUT2D eigenvalue weighted by atomic mass is 10.2. The van der Waals surface area contributed by atoms with Crippen LogP contribution in [0.25, 0.3) is 0 Å². The highest BCUT2D eigenvalue weighted by molar-refractivity contribution is 5.55. The molecule has 1 aromatic heterocycles. The van der Waals surface area contributed by atoms with Crippen molar-refractivity contribution in [2.24, 2.45) is 0 Å². The van der Waals surface area contributed by atoms with Crippen molar-refractivity contribution in [1.29, 1.82) is 0 Å². The van der Waals surface area contributed by atoms with Gasteiger partial charge in [-0.3, -0.25) is 4.90 Å². The Kier molecular flexibility index (Phi) is 4.47. The predicted molar refractivity (Wildman–Crippen MR) is 123 cm³/mol. The van der Waals surface area contributed by atoms with E-state index >= 15 is 0 Å². The number of rotatable bonds is 6. The highest BCUT2D eigenvalue weighted by Crippen LogP contribution is 2.51. The Morgan fingerprint density at radius 2 is 1.72 bits per heavy atom. The Labute approximate surface area is 190 Å². The predicted octanol–water partition coefficient (Wildman–Crippen LogP) is 0.989. The highest BCUT2D eigenvalue weighted by atomic mass is 15.9. The first kappa shape index (κ1) is 19.3. The molecule has 0 aromatic carbocycles. The third-order valence-corrected chi connectivity index (χ3v) is 7.79. The number of nitrogens with one attached hydrogen (secondary N) is 2. The molecule has 0 aliphatic carbocycles. The molecular formula is C23H35N9. The molecule has 6 aliphatic heterocycles. The molecule has 0 spiro atoms. The normalized spacial score (nSPS) is 31.6. The van der Waals surface area contributed by atoms with Crippen LogP contribution >= 0.6 is 0 Å². The van der Waals surface area contributed by atoms with E-state index in [1.165, 1.54) is 36.7 Å². The van der Waals surface area contributed by atoms with E-state index in [2.05, 4.69) is 75.4 Å². The third kappa shape index (κ3) is 2.65. The molecule has 6 aliphatic rings. The summed E-state index contributed by atoms with van der Waals surface area (Å²) in [5, 5.41) is 8.97. The first-order valence-electron chi connectivity index (χ1n) is 12.5. The van der Waals surface area contributed by atoms with E-state index < -0.39 is 0 Å². The largest absolute Gasteiger partial charge is 0.354 e. The summed E-state index contributed by atoms with van der Waals surface area (Å²) in [5.41, 5.74) is 0. The molecule has 0 amide bonds. The van der Waals surface area contributed by atoms with Crippen LogP contribution in [0.15, 0.2) is 42.2 Å². The lowest BCUT2D eigenvalue weighted by Crippen LogP contribution is -2.75. The summed E-state index contributed by atoms with van der Waals surface area (Å²) in [6, 6.07) is 4.40. The number of nitrogens with zero attached hydrogens (tertiary/aromatic N) is 7. The molecule has 1 atom stereocenters. The number of anilines is 1. The van der Waals surface area contributed by atoms with Gasteiger partial charge in [0.25, 0.3) is 5.91 Å². The van der Waals surface area contributed by atoms with Crippen LogP contribution in [0.5, 0.6) is 0 Å². The summed E-state index contributed by atoms with van der Waals surface area (Å²) < 4.78 is 0. The van der Waals surface area contributed by atoms with Crippen LogP contribution in [0, 0.1) is 0 Å². The number of likely N-dealkylation sites (tertiary alicyclic amines) is 1. The fraction of sp³-hybridized carbons (Fsp3) is 0.652.